The van der Waals surface area contributed by atoms with Gasteiger partial charge in [0.05, 0.1) is 0 Å². The van der Waals surface area contributed by atoms with E-state index >= 15 is 0 Å². The van der Waals surface area contributed by atoms with Crippen LogP contribution in [0.4, 0.5) is 5.69 Å². The van der Waals surface area contributed by atoms with Crippen molar-refractivity contribution in [2.45, 2.75) is 6.92 Å². The summed E-state index contributed by atoms with van der Waals surface area (Å²) in [4.78, 5) is 16.6. The van der Waals surface area contributed by atoms with E-state index in [1.807, 2.05) is 73.7 Å². The van der Waals surface area contributed by atoms with Crippen LogP contribution < -0.4 is 10.1 Å². The highest BCUT2D eigenvalue weighted by molar-refractivity contribution is 5.92. The predicted molar refractivity (Wildman–Crippen MR) is 110 cm³/mol. The molecule has 4 aromatic rings. The van der Waals surface area contributed by atoms with Crippen LogP contribution in [-0.2, 0) is 4.79 Å². The normalized spacial score (nSPS) is 10.5. The molecule has 1 aromatic heterocycles. The Morgan fingerprint density at radius 2 is 1.66 bits per heavy atom. The molecule has 0 bridgehead atoms. The number of anilines is 1. The van der Waals surface area contributed by atoms with Crippen molar-refractivity contribution in [3.8, 4) is 28.6 Å². The first kappa shape index (κ1) is 18.4. The van der Waals surface area contributed by atoms with Gasteiger partial charge in [0, 0.05) is 16.8 Å². The lowest BCUT2D eigenvalue weighted by molar-refractivity contribution is -0.118. The Bertz CT molecular complexity index is 1110. The van der Waals surface area contributed by atoms with E-state index in [-0.39, 0.29) is 12.5 Å². The Morgan fingerprint density at radius 1 is 0.931 bits per heavy atom. The number of nitrogens with zero attached hydrogens (tertiary/aromatic N) is 2. The van der Waals surface area contributed by atoms with Gasteiger partial charge in [-0.3, -0.25) is 4.79 Å². The van der Waals surface area contributed by atoms with Gasteiger partial charge in [-0.1, -0.05) is 53.7 Å². The number of rotatable bonds is 6. The highest BCUT2D eigenvalue weighted by Crippen LogP contribution is 2.23. The van der Waals surface area contributed by atoms with E-state index in [1.54, 1.807) is 12.1 Å². The number of carbonyl (C=O) groups is 1. The van der Waals surface area contributed by atoms with Crippen molar-refractivity contribution >= 4 is 11.6 Å². The molecule has 1 amide bonds. The molecule has 1 heterocycles. The summed E-state index contributed by atoms with van der Waals surface area (Å²) in [6.07, 6.45) is 0. The van der Waals surface area contributed by atoms with Gasteiger partial charge in [-0.25, -0.2) is 0 Å². The maximum Gasteiger partial charge on any atom is 0.262 e. The minimum absolute atomic E-state index is 0.0588. The van der Waals surface area contributed by atoms with Crippen LogP contribution in [0, 0.1) is 6.92 Å². The van der Waals surface area contributed by atoms with Crippen LogP contribution in [0.3, 0.4) is 0 Å². The summed E-state index contributed by atoms with van der Waals surface area (Å²) >= 11 is 0. The molecule has 0 aliphatic carbocycles. The summed E-state index contributed by atoms with van der Waals surface area (Å²) in [5.74, 6) is 1.42. The van der Waals surface area contributed by atoms with E-state index < -0.39 is 0 Å². The number of para-hydroxylation sites is 1. The monoisotopic (exact) mass is 385 g/mol. The van der Waals surface area contributed by atoms with Gasteiger partial charge in [0.25, 0.3) is 11.8 Å². The smallest absolute Gasteiger partial charge is 0.262 e. The zero-order valence-corrected chi connectivity index (χ0v) is 15.8. The number of carbonyl (C=O) groups excluding carboxylic acids is 1. The lowest BCUT2D eigenvalue weighted by atomic mass is 10.2. The Kier molecular flexibility index (Phi) is 5.33. The van der Waals surface area contributed by atoms with Gasteiger partial charge in [0.15, 0.2) is 6.61 Å². The van der Waals surface area contributed by atoms with Gasteiger partial charge in [-0.05, 0) is 42.8 Å². The molecule has 0 saturated carbocycles. The first-order chi connectivity index (χ1) is 14.2. The van der Waals surface area contributed by atoms with Gasteiger partial charge < -0.3 is 14.6 Å². The number of ether oxygens (including phenoxy) is 1. The van der Waals surface area contributed by atoms with E-state index in [9.17, 15) is 4.79 Å². The summed E-state index contributed by atoms with van der Waals surface area (Å²) in [5.41, 5.74) is 3.31. The first-order valence-corrected chi connectivity index (χ1v) is 9.17. The largest absolute Gasteiger partial charge is 0.483 e. The number of nitrogens with one attached hydrogen (secondary N) is 1. The van der Waals surface area contributed by atoms with Crippen molar-refractivity contribution in [2.24, 2.45) is 0 Å². The van der Waals surface area contributed by atoms with Crippen LogP contribution >= 0.6 is 0 Å². The maximum absolute atomic E-state index is 12.1. The number of amides is 1. The fraction of sp³-hybridized carbons (Fsp3) is 0.0870. The summed E-state index contributed by atoms with van der Waals surface area (Å²) in [6, 6.07) is 24.4. The zero-order chi connectivity index (χ0) is 20.1. The second-order valence-electron chi connectivity index (χ2n) is 6.47. The maximum atomic E-state index is 12.1. The minimum atomic E-state index is -0.231. The Hall–Kier alpha value is -3.93. The zero-order valence-electron chi connectivity index (χ0n) is 15.8. The van der Waals surface area contributed by atoms with Crippen molar-refractivity contribution < 1.29 is 14.1 Å². The molecule has 144 valence electrons. The fourth-order valence-corrected chi connectivity index (χ4v) is 2.80. The summed E-state index contributed by atoms with van der Waals surface area (Å²) in [6.45, 7) is 1.88. The lowest BCUT2D eigenvalue weighted by Gasteiger charge is -2.09. The topological polar surface area (TPSA) is 77.2 Å². The molecule has 4 rings (SSSR count). The average Bonchev–Trinajstić information content (AvgIpc) is 3.25. The average molecular weight is 385 g/mol. The molecule has 29 heavy (non-hydrogen) atoms. The van der Waals surface area contributed by atoms with Crippen LogP contribution in [0.15, 0.2) is 83.4 Å². The van der Waals surface area contributed by atoms with Gasteiger partial charge >= 0.3 is 0 Å². The van der Waals surface area contributed by atoms with Crippen LogP contribution in [0.2, 0.25) is 0 Å². The second kappa shape index (κ2) is 8.39. The second-order valence-corrected chi connectivity index (χ2v) is 6.47. The van der Waals surface area contributed by atoms with E-state index in [0.29, 0.717) is 23.2 Å². The summed E-state index contributed by atoms with van der Waals surface area (Å²) < 4.78 is 10.9. The van der Waals surface area contributed by atoms with Crippen molar-refractivity contribution in [2.75, 3.05) is 11.9 Å². The molecule has 0 unspecified atom stereocenters. The van der Waals surface area contributed by atoms with Crippen LogP contribution in [0.1, 0.15) is 5.56 Å². The van der Waals surface area contributed by atoms with Crippen LogP contribution in [0.25, 0.3) is 22.8 Å². The van der Waals surface area contributed by atoms with E-state index in [4.69, 9.17) is 9.26 Å². The summed E-state index contributed by atoms with van der Waals surface area (Å²) in [7, 11) is 0. The Balaban J connectivity index is 1.37. The molecule has 0 saturated heterocycles. The number of benzene rings is 3. The van der Waals surface area contributed by atoms with Crippen molar-refractivity contribution in [3.63, 3.8) is 0 Å². The molecule has 0 fully saturated rings. The van der Waals surface area contributed by atoms with Crippen LogP contribution in [-0.4, -0.2) is 22.7 Å². The van der Waals surface area contributed by atoms with Crippen molar-refractivity contribution in [1.29, 1.82) is 0 Å². The highest BCUT2D eigenvalue weighted by atomic mass is 16.5. The Labute approximate surface area is 168 Å². The quantitative estimate of drug-likeness (QED) is 0.519. The molecule has 6 nitrogen and oxygen atoms in total. The van der Waals surface area contributed by atoms with E-state index in [1.165, 1.54) is 0 Å². The van der Waals surface area contributed by atoms with Crippen molar-refractivity contribution in [1.82, 2.24) is 10.1 Å². The molecule has 6 heteroatoms. The number of aryl methyl sites for hydroxylation is 1. The first-order valence-electron chi connectivity index (χ1n) is 9.17. The molecular formula is C23H19N3O3. The third kappa shape index (κ3) is 4.50. The molecule has 0 radical (unpaired) electrons. The van der Waals surface area contributed by atoms with Gasteiger partial charge in [-0.2, -0.15) is 4.98 Å². The molecular weight excluding hydrogens is 366 g/mol. The molecule has 0 atom stereocenters. The third-order valence-corrected chi connectivity index (χ3v) is 4.33. The minimum Gasteiger partial charge on any atom is -0.483 e. The molecule has 0 aliphatic rings. The van der Waals surface area contributed by atoms with Gasteiger partial charge in [-0.15, -0.1) is 0 Å². The standard InChI is InChI=1S/C23H19N3O3/c1-16-7-5-6-10-20(16)28-15-21(27)24-19-13-11-18(12-14-19)23-25-22(26-29-23)17-8-3-2-4-9-17/h2-14H,15H2,1H3,(H,24,27). The third-order valence-electron chi connectivity index (χ3n) is 4.33. The predicted octanol–water partition coefficient (Wildman–Crippen LogP) is 4.73. The van der Waals surface area contributed by atoms with Gasteiger partial charge in [0.2, 0.25) is 5.82 Å². The van der Waals surface area contributed by atoms with Crippen LogP contribution in [0.5, 0.6) is 5.75 Å². The van der Waals surface area contributed by atoms with Gasteiger partial charge in [0.1, 0.15) is 5.75 Å². The number of aromatic nitrogens is 2. The SMILES string of the molecule is Cc1ccccc1OCC(=O)Nc1ccc(-c2nc(-c3ccccc3)no2)cc1. The number of hydrogen-bond donors (Lipinski definition) is 1. The van der Waals surface area contributed by atoms with Crippen molar-refractivity contribution in [3.05, 3.63) is 84.4 Å². The Morgan fingerprint density at radius 3 is 2.41 bits per heavy atom. The summed E-state index contributed by atoms with van der Waals surface area (Å²) in [5, 5.41) is 6.83. The molecule has 1 N–H and O–H groups in total. The fourth-order valence-electron chi connectivity index (χ4n) is 2.80. The highest BCUT2D eigenvalue weighted by Gasteiger charge is 2.11. The van der Waals surface area contributed by atoms with E-state index in [2.05, 4.69) is 15.5 Å². The molecule has 0 spiro atoms. The molecule has 0 aliphatic heterocycles. The number of hydrogen-bond acceptors (Lipinski definition) is 5. The molecule has 3 aromatic carbocycles. The van der Waals surface area contributed by atoms with E-state index in [0.717, 1.165) is 16.7 Å². The lowest BCUT2D eigenvalue weighted by Crippen LogP contribution is -2.20.